The van der Waals surface area contributed by atoms with Crippen molar-refractivity contribution in [2.75, 3.05) is 11.9 Å². The smallest absolute Gasteiger partial charge is 0.196 e. The van der Waals surface area contributed by atoms with E-state index in [1.54, 1.807) is 30.3 Å². The lowest BCUT2D eigenvalue weighted by Gasteiger charge is -2.19. The van der Waals surface area contributed by atoms with Gasteiger partial charge in [-0.15, -0.1) is 0 Å². The molecule has 0 aliphatic heterocycles. The Morgan fingerprint density at radius 1 is 0.857 bits per heavy atom. The van der Waals surface area contributed by atoms with Crippen molar-refractivity contribution in [3.63, 3.8) is 0 Å². The second-order valence-corrected chi connectivity index (χ2v) is 7.73. The summed E-state index contributed by atoms with van der Waals surface area (Å²) in [5.74, 6) is -0.270. The average molecular weight is 394 g/mol. The zero-order chi connectivity index (χ0) is 19.5. The van der Waals surface area contributed by atoms with E-state index in [0.717, 1.165) is 30.4 Å². The highest BCUT2D eigenvalue weighted by Gasteiger charge is 2.33. The summed E-state index contributed by atoms with van der Waals surface area (Å²) < 4.78 is 8.73. The van der Waals surface area contributed by atoms with Gasteiger partial charge in [-0.25, -0.2) is 0 Å². The van der Waals surface area contributed by atoms with Crippen LogP contribution in [0.4, 0.5) is 5.69 Å². The first-order valence-electron chi connectivity index (χ1n) is 9.94. The summed E-state index contributed by atoms with van der Waals surface area (Å²) in [6.07, 6.45) is 7.32. The van der Waals surface area contributed by atoms with E-state index in [1.807, 2.05) is 0 Å². The van der Waals surface area contributed by atoms with E-state index in [9.17, 15) is 9.59 Å². The van der Waals surface area contributed by atoms with Gasteiger partial charge < -0.3 is 5.32 Å². The molecule has 5 nitrogen and oxygen atoms in total. The zero-order valence-electron chi connectivity index (χ0n) is 16.0. The molecule has 0 atom stereocenters. The molecule has 0 saturated heterocycles. The summed E-state index contributed by atoms with van der Waals surface area (Å²) >= 11 is 1.07. The van der Waals surface area contributed by atoms with Gasteiger partial charge >= 0.3 is 0 Å². The molecule has 1 aliphatic rings. The van der Waals surface area contributed by atoms with Gasteiger partial charge in [-0.1, -0.05) is 63.3 Å². The highest BCUT2D eigenvalue weighted by Crippen LogP contribution is 2.35. The van der Waals surface area contributed by atoms with Gasteiger partial charge in [-0.3, -0.25) is 9.59 Å². The number of nitrogens with zero attached hydrogens (tertiary/aromatic N) is 2. The van der Waals surface area contributed by atoms with Gasteiger partial charge in [0.2, 0.25) is 0 Å². The number of hydrogen-bond donors (Lipinski definition) is 1. The minimum absolute atomic E-state index is 0.122. The second-order valence-electron chi connectivity index (χ2n) is 7.21. The molecule has 4 rings (SSSR count). The fourth-order valence-electron chi connectivity index (χ4n) is 3.77. The van der Waals surface area contributed by atoms with Crippen LogP contribution in [0, 0.1) is 0 Å². The van der Waals surface area contributed by atoms with E-state index in [4.69, 9.17) is 0 Å². The first-order chi connectivity index (χ1) is 13.7. The van der Waals surface area contributed by atoms with Crippen LogP contribution in [0.3, 0.4) is 0 Å². The molecule has 2 aromatic carbocycles. The number of nitrogens with one attached hydrogen (secondary N) is 1. The third kappa shape index (κ3) is 3.33. The summed E-state index contributed by atoms with van der Waals surface area (Å²) in [4.78, 5) is 26.0. The molecule has 0 spiro atoms. The van der Waals surface area contributed by atoms with Crippen molar-refractivity contribution >= 4 is 40.0 Å². The quantitative estimate of drug-likeness (QED) is 0.415. The monoisotopic (exact) mass is 393 g/mol. The number of aromatic nitrogens is 2. The highest BCUT2D eigenvalue weighted by atomic mass is 32.1. The first-order valence-corrected chi connectivity index (χ1v) is 10.7. The third-order valence-electron chi connectivity index (χ3n) is 5.27. The number of carbonyl (C=O) groups is 2. The van der Waals surface area contributed by atoms with Crippen LogP contribution in [0.25, 0.3) is 11.0 Å². The van der Waals surface area contributed by atoms with Crippen molar-refractivity contribution in [3.05, 3.63) is 52.6 Å². The largest absolute Gasteiger partial charge is 0.383 e. The molecule has 1 aromatic heterocycles. The Kier molecular flexibility index (Phi) is 5.48. The fourth-order valence-corrected chi connectivity index (χ4v) is 4.34. The van der Waals surface area contributed by atoms with Crippen molar-refractivity contribution in [1.29, 1.82) is 0 Å². The van der Waals surface area contributed by atoms with Gasteiger partial charge in [0.15, 0.2) is 11.6 Å². The normalized spacial score (nSPS) is 12.9. The SMILES string of the molecule is CCCCCCCCNc1cc2c(c3nsnc13)C(=O)c1ccccc1C2=O. The number of anilines is 1. The Morgan fingerprint density at radius 2 is 1.54 bits per heavy atom. The van der Waals surface area contributed by atoms with Gasteiger partial charge in [0.25, 0.3) is 0 Å². The predicted molar refractivity (Wildman–Crippen MR) is 113 cm³/mol. The fraction of sp³-hybridized carbons (Fsp3) is 0.364. The van der Waals surface area contributed by atoms with Crippen molar-refractivity contribution < 1.29 is 9.59 Å². The minimum Gasteiger partial charge on any atom is -0.383 e. The molecule has 0 unspecified atom stereocenters. The Labute approximate surface area is 168 Å². The zero-order valence-corrected chi connectivity index (χ0v) is 16.8. The third-order valence-corrected chi connectivity index (χ3v) is 5.80. The molecular weight excluding hydrogens is 370 g/mol. The minimum atomic E-state index is -0.148. The number of ketones is 2. The van der Waals surface area contributed by atoms with Gasteiger partial charge in [-0.2, -0.15) is 8.75 Å². The molecule has 1 aliphatic carbocycles. The summed E-state index contributed by atoms with van der Waals surface area (Å²) in [6, 6.07) is 8.77. The van der Waals surface area contributed by atoms with Crippen molar-refractivity contribution in [1.82, 2.24) is 8.75 Å². The molecule has 0 amide bonds. The van der Waals surface area contributed by atoms with Crippen LogP contribution in [-0.4, -0.2) is 26.9 Å². The van der Waals surface area contributed by atoms with Crippen LogP contribution in [-0.2, 0) is 0 Å². The maximum absolute atomic E-state index is 13.0. The standard InChI is InChI=1S/C22H23N3O2S/c1-2-3-4-5-6-9-12-23-17-13-16-18(20-19(17)24-28-25-20)22(27)15-11-8-7-10-14(15)21(16)26/h7-8,10-11,13,23H,2-6,9,12H2,1H3. The lowest BCUT2D eigenvalue weighted by molar-refractivity contribution is 0.0980. The summed E-state index contributed by atoms with van der Waals surface area (Å²) in [6.45, 7) is 3.03. The lowest BCUT2D eigenvalue weighted by Crippen LogP contribution is -2.21. The number of carbonyl (C=O) groups excluding carboxylic acids is 2. The van der Waals surface area contributed by atoms with E-state index in [-0.39, 0.29) is 11.6 Å². The van der Waals surface area contributed by atoms with Crippen molar-refractivity contribution in [2.24, 2.45) is 0 Å². The molecular formula is C22H23N3O2S. The molecule has 144 valence electrons. The number of fused-ring (bicyclic) bond motifs is 4. The number of benzene rings is 2. The van der Waals surface area contributed by atoms with Crippen LogP contribution in [0.1, 0.15) is 77.3 Å². The van der Waals surface area contributed by atoms with E-state index < -0.39 is 0 Å². The Bertz CT molecular complexity index is 1040. The van der Waals surface area contributed by atoms with Crippen molar-refractivity contribution in [3.8, 4) is 0 Å². The van der Waals surface area contributed by atoms with E-state index in [2.05, 4.69) is 21.0 Å². The molecule has 0 bridgehead atoms. The van der Waals surface area contributed by atoms with Crippen LogP contribution in [0.2, 0.25) is 0 Å². The summed E-state index contributed by atoms with van der Waals surface area (Å²) in [5, 5.41) is 3.41. The lowest BCUT2D eigenvalue weighted by atomic mass is 9.83. The molecule has 0 fully saturated rings. The molecule has 6 heteroatoms. The number of unbranched alkanes of at least 4 members (excludes halogenated alkanes) is 5. The van der Waals surface area contributed by atoms with Gasteiger partial charge in [0, 0.05) is 23.2 Å². The van der Waals surface area contributed by atoms with Crippen LogP contribution >= 0.6 is 11.7 Å². The van der Waals surface area contributed by atoms with Crippen molar-refractivity contribution in [2.45, 2.75) is 45.4 Å². The van der Waals surface area contributed by atoms with E-state index in [1.165, 1.54) is 32.1 Å². The number of rotatable bonds is 8. The highest BCUT2D eigenvalue weighted by molar-refractivity contribution is 7.00. The maximum atomic E-state index is 13.0. The topological polar surface area (TPSA) is 72.0 Å². The molecule has 0 saturated carbocycles. The van der Waals surface area contributed by atoms with E-state index in [0.29, 0.717) is 33.3 Å². The first kappa shape index (κ1) is 18.7. The second kappa shape index (κ2) is 8.19. The molecule has 1 N–H and O–H groups in total. The Hall–Kier alpha value is -2.60. The summed E-state index contributed by atoms with van der Waals surface area (Å²) in [7, 11) is 0. The average Bonchev–Trinajstić information content (AvgIpc) is 3.21. The van der Waals surface area contributed by atoms with Crippen LogP contribution in [0.5, 0.6) is 0 Å². The van der Waals surface area contributed by atoms with Gasteiger partial charge in [-0.05, 0) is 12.5 Å². The molecule has 0 radical (unpaired) electrons. The van der Waals surface area contributed by atoms with Crippen LogP contribution in [0.15, 0.2) is 30.3 Å². The van der Waals surface area contributed by atoms with Gasteiger partial charge in [0.05, 0.1) is 23.0 Å². The number of hydrogen-bond acceptors (Lipinski definition) is 6. The van der Waals surface area contributed by atoms with E-state index >= 15 is 0 Å². The summed E-state index contributed by atoms with van der Waals surface area (Å²) in [5.41, 5.74) is 3.71. The molecule has 1 heterocycles. The Morgan fingerprint density at radius 3 is 2.32 bits per heavy atom. The van der Waals surface area contributed by atoms with Gasteiger partial charge in [0.1, 0.15) is 11.0 Å². The molecule has 28 heavy (non-hydrogen) atoms. The van der Waals surface area contributed by atoms with Crippen LogP contribution < -0.4 is 5.32 Å². The predicted octanol–water partition coefficient (Wildman–Crippen LogP) is 5.24. The Balaban J connectivity index is 1.60. The molecule has 3 aromatic rings. The maximum Gasteiger partial charge on any atom is 0.196 e.